The highest BCUT2D eigenvalue weighted by atomic mass is 35.5. The molecule has 1 unspecified atom stereocenters. The minimum atomic E-state index is -3.74. The van der Waals surface area contributed by atoms with E-state index in [0.29, 0.717) is 19.5 Å². The van der Waals surface area contributed by atoms with Crippen molar-refractivity contribution in [2.45, 2.75) is 31.2 Å². The summed E-state index contributed by atoms with van der Waals surface area (Å²) in [5.41, 5.74) is 5.95. The summed E-state index contributed by atoms with van der Waals surface area (Å²) in [6.45, 7) is 4.57. The van der Waals surface area contributed by atoms with Gasteiger partial charge in [0.15, 0.2) is 0 Å². The van der Waals surface area contributed by atoms with Crippen LogP contribution in [0.2, 0.25) is 5.02 Å². The number of rotatable bonds is 3. The topological polar surface area (TPSA) is 89.7 Å². The maximum Gasteiger partial charge on any atom is 0.337 e. The number of nitrogens with zero attached hydrogens (tertiary/aromatic N) is 1. The number of benzene rings is 1. The SMILES string of the molecule is COC(=O)c1ccc(S(=O)(=O)N2CCC(N)C(C)(C)C2)c(Cl)c1. The first kappa shape index (κ1) is 18.2. The number of halogens is 1. The predicted molar refractivity (Wildman–Crippen MR) is 87.9 cm³/mol. The highest BCUT2D eigenvalue weighted by molar-refractivity contribution is 7.89. The van der Waals surface area contributed by atoms with E-state index in [1.807, 2.05) is 13.8 Å². The van der Waals surface area contributed by atoms with Gasteiger partial charge in [0, 0.05) is 19.1 Å². The van der Waals surface area contributed by atoms with Gasteiger partial charge < -0.3 is 10.5 Å². The molecule has 1 aliphatic heterocycles. The summed E-state index contributed by atoms with van der Waals surface area (Å²) in [6.07, 6.45) is 0.587. The van der Waals surface area contributed by atoms with Crippen LogP contribution in [0.1, 0.15) is 30.6 Å². The molecule has 0 saturated carbocycles. The van der Waals surface area contributed by atoms with Gasteiger partial charge in [0.05, 0.1) is 17.7 Å². The molecule has 1 aromatic rings. The van der Waals surface area contributed by atoms with Gasteiger partial charge in [0.2, 0.25) is 10.0 Å². The number of hydrogen-bond donors (Lipinski definition) is 1. The number of piperidine rings is 1. The minimum absolute atomic E-state index is 0.000535. The van der Waals surface area contributed by atoms with Crippen molar-refractivity contribution in [3.63, 3.8) is 0 Å². The average molecular weight is 361 g/mol. The van der Waals surface area contributed by atoms with E-state index in [0.717, 1.165) is 0 Å². The molecule has 8 heteroatoms. The van der Waals surface area contributed by atoms with E-state index in [9.17, 15) is 13.2 Å². The van der Waals surface area contributed by atoms with E-state index in [-0.39, 0.29) is 26.9 Å². The molecule has 1 atom stereocenters. The molecule has 6 nitrogen and oxygen atoms in total. The summed E-state index contributed by atoms with van der Waals surface area (Å²) in [5.74, 6) is -0.569. The molecular formula is C15H21ClN2O4S. The molecule has 1 aromatic carbocycles. The molecule has 0 amide bonds. The highest BCUT2D eigenvalue weighted by Gasteiger charge is 2.39. The van der Waals surface area contributed by atoms with Crippen LogP contribution in [0.4, 0.5) is 0 Å². The zero-order valence-corrected chi connectivity index (χ0v) is 14.9. The van der Waals surface area contributed by atoms with E-state index in [2.05, 4.69) is 4.74 Å². The second-order valence-corrected chi connectivity index (χ2v) is 8.67. The Morgan fingerprint density at radius 2 is 2.09 bits per heavy atom. The normalized spacial score (nSPS) is 21.9. The van der Waals surface area contributed by atoms with Crippen LogP contribution in [-0.2, 0) is 14.8 Å². The average Bonchev–Trinajstić information content (AvgIpc) is 2.48. The predicted octanol–water partition coefficient (Wildman–Crippen LogP) is 1.87. The Morgan fingerprint density at radius 3 is 2.61 bits per heavy atom. The second-order valence-electron chi connectivity index (χ2n) is 6.36. The number of carbonyl (C=O) groups excluding carboxylic acids is 1. The van der Waals surface area contributed by atoms with Gasteiger partial charge >= 0.3 is 5.97 Å². The summed E-state index contributed by atoms with van der Waals surface area (Å²) in [6, 6.07) is 3.99. The quantitative estimate of drug-likeness (QED) is 0.831. The Morgan fingerprint density at radius 1 is 1.43 bits per heavy atom. The first-order valence-electron chi connectivity index (χ1n) is 7.23. The minimum Gasteiger partial charge on any atom is -0.465 e. The lowest BCUT2D eigenvalue weighted by Gasteiger charge is -2.41. The summed E-state index contributed by atoms with van der Waals surface area (Å²) in [5, 5.41) is 0.000535. The van der Waals surface area contributed by atoms with Gasteiger partial charge in [-0.3, -0.25) is 0 Å². The third-order valence-electron chi connectivity index (χ3n) is 4.25. The molecule has 1 heterocycles. The van der Waals surface area contributed by atoms with Crippen LogP contribution in [0.3, 0.4) is 0 Å². The van der Waals surface area contributed by atoms with Gasteiger partial charge in [0.1, 0.15) is 4.90 Å². The van der Waals surface area contributed by atoms with Crippen molar-refractivity contribution in [2.24, 2.45) is 11.1 Å². The lowest BCUT2D eigenvalue weighted by atomic mass is 9.81. The van der Waals surface area contributed by atoms with Crippen LogP contribution < -0.4 is 5.73 Å². The fourth-order valence-corrected chi connectivity index (χ4v) is 4.77. The van der Waals surface area contributed by atoms with Crippen molar-refractivity contribution in [1.29, 1.82) is 0 Å². The first-order chi connectivity index (χ1) is 10.6. The zero-order chi connectivity index (χ0) is 17.4. The van der Waals surface area contributed by atoms with Gasteiger partial charge in [-0.25, -0.2) is 13.2 Å². The second kappa shape index (κ2) is 6.39. The maximum atomic E-state index is 12.8. The van der Waals surface area contributed by atoms with Crippen molar-refractivity contribution < 1.29 is 17.9 Å². The largest absolute Gasteiger partial charge is 0.465 e. The Kier molecular flexibility index (Phi) is 5.06. The van der Waals surface area contributed by atoms with Gasteiger partial charge in [0.25, 0.3) is 0 Å². The number of sulfonamides is 1. The highest BCUT2D eigenvalue weighted by Crippen LogP contribution is 2.33. The van der Waals surface area contributed by atoms with Crippen LogP contribution in [0.5, 0.6) is 0 Å². The fraction of sp³-hybridized carbons (Fsp3) is 0.533. The number of hydrogen-bond acceptors (Lipinski definition) is 5. The van der Waals surface area contributed by atoms with Gasteiger partial charge in [-0.1, -0.05) is 25.4 Å². The smallest absolute Gasteiger partial charge is 0.337 e. The first-order valence-corrected chi connectivity index (χ1v) is 9.05. The molecule has 0 aliphatic carbocycles. The molecule has 0 spiro atoms. The number of methoxy groups -OCH3 is 1. The Balaban J connectivity index is 2.35. The molecule has 1 saturated heterocycles. The molecule has 0 radical (unpaired) electrons. The standard InChI is InChI=1S/C15H21ClN2O4S/c1-15(2)9-18(7-6-13(15)17)23(20,21)12-5-4-10(8-11(12)16)14(19)22-3/h4-5,8,13H,6-7,9,17H2,1-3H3. The third-order valence-corrected chi connectivity index (χ3v) is 6.58. The van der Waals surface area contributed by atoms with Crippen LogP contribution >= 0.6 is 11.6 Å². The number of ether oxygens (including phenoxy) is 1. The van der Waals surface area contributed by atoms with Crippen molar-refractivity contribution >= 4 is 27.6 Å². The molecule has 23 heavy (non-hydrogen) atoms. The fourth-order valence-electron chi connectivity index (χ4n) is 2.62. The molecule has 0 bridgehead atoms. The molecule has 0 aromatic heterocycles. The number of esters is 1. The van der Waals surface area contributed by atoms with E-state index < -0.39 is 16.0 Å². The Labute approximate surface area is 141 Å². The molecule has 2 rings (SSSR count). The lowest BCUT2D eigenvalue weighted by Crippen LogP contribution is -2.53. The number of nitrogens with two attached hydrogens (primary N) is 1. The summed E-state index contributed by atoms with van der Waals surface area (Å²) in [7, 11) is -2.49. The Hall–Kier alpha value is -1.15. The van der Waals surface area contributed by atoms with Crippen LogP contribution in [0.25, 0.3) is 0 Å². The molecule has 2 N–H and O–H groups in total. The van der Waals surface area contributed by atoms with E-state index in [4.69, 9.17) is 17.3 Å². The van der Waals surface area contributed by atoms with Crippen LogP contribution in [0.15, 0.2) is 23.1 Å². The summed E-state index contributed by atoms with van der Waals surface area (Å²) < 4.78 is 31.7. The maximum absolute atomic E-state index is 12.8. The molecule has 128 valence electrons. The summed E-state index contributed by atoms with van der Waals surface area (Å²) in [4.78, 5) is 11.5. The van der Waals surface area contributed by atoms with Crippen LogP contribution in [-0.4, -0.2) is 44.9 Å². The zero-order valence-electron chi connectivity index (χ0n) is 13.4. The molecule has 1 aliphatic rings. The van der Waals surface area contributed by atoms with Crippen LogP contribution in [0, 0.1) is 5.41 Å². The third kappa shape index (κ3) is 3.52. The van der Waals surface area contributed by atoms with Gasteiger partial charge in [-0.2, -0.15) is 4.31 Å². The Bertz CT molecular complexity index is 718. The summed E-state index contributed by atoms with van der Waals surface area (Å²) >= 11 is 6.10. The van der Waals surface area contributed by atoms with E-state index in [1.165, 1.54) is 29.6 Å². The monoisotopic (exact) mass is 360 g/mol. The van der Waals surface area contributed by atoms with Crippen molar-refractivity contribution in [1.82, 2.24) is 4.31 Å². The van der Waals surface area contributed by atoms with Crippen molar-refractivity contribution in [3.05, 3.63) is 28.8 Å². The molecule has 1 fully saturated rings. The van der Waals surface area contributed by atoms with Crippen molar-refractivity contribution in [2.75, 3.05) is 20.2 Å². The van der Waals surface area contributed by atoms with Gasteiger partial charge in [-0.05, 0) is 30.0 Å². The van der Waals surface area contributed by atoms with Gasteiger partial charge in [-0.15, -0.1) is 0 Å². The van der Waals surface area contributed by atoms with E-state index in [1.54, 1.807) is 0 Å². The molecular weight excluding hydrogens is 340 g/mol. The van der Waals surface area contributed by atoms with Crippen molar-refractivity contribution in [3.8, 4) is 0 Å². The number of carbonyl (C=O) groups is 1. The lowest BCUT2D eigenvalue weighted by molar-refractivity contribution is 0.0600. The van der Waals surface area contributed by atoms with E-state index >= 15 is 0 Å².